The topological polar surface area (TPSA) is 59.8 Å². The first-order chi connectivity index (χ1) is 10.0. The van der Waals surface area contributed by atoms with Gasteiger partial charge in [0.15, 0.2) is 5.13 Å². The Morgan fingerprint density at radius 3 is 2.86 bits per heavy atom. The van der Waals surface area contributed by atoms with Crippen LogP contribution in [0.4, 0.5) is 5.13 Å². The third-order valence-corrected chi connectivity index (χ3v) is 4.72. The largest absolute Gasteiger partial charge is 0.296 e. The number of anilines is 1. The summed E-state index contributed by atoms with van der Waals surface area (Å²) in [4.78, 5) is 18.3. The molecule has 1 aliphatic carbocycles. The lowest BCUT2D eigenvalue weighted by Crippen LogP contribution is -2.18. The van der Waals surface area contributed by atoms with Crippen molar-refractivity contribution in [1.82, 2.24) is 14.8 Å². The van der Waals surface area contributed by atoms with E-state index < -0.39 is 0 Å². The Labute approximate surface area is 128 Å². The van der Waals surface area contributed by atoms with Gasteiger partial charge in [0.05, 0.1) is 11.4 Å². The van der Waals surface area contributed by atoms with Crippen LogP contribution >= 0.6 is 11.3 Å². The molecule has 0 aliphatic heterocycles. The molecule has 0 spiro atoms. The molecule has 1 N–H and O–H groups in total. The van der Waals surface area contributed by atoms with E-state index in [-0.39, 0.29) is 11.9 Å². The van der Waals surface area contributed by atoms with E-state index in [1.807, 2.05) is 26.8 Å². The van der Waals surface area contributed by atoms with Crippen LogP contribution in [0.3, 0.4) is 0 Å². The molecule has 0 fully saturated rings. The minimum absolute atomic E-state index is 0.129. The van der Waals surface area contributed by atoms with Crippen LogP contribution < -0.4 is 5.32 Å². The molecular formula is C15H20N4OS. The van der Waals surface area contributed by atoms with E-state index in [4.69, 9.17) is 0 Å². The lowest BCUT2D eigenvalue weighted by molar-refractivity contribution is 0.101. The summed E-state index contributed by atoms with van der Waals surface area (Å²) in [6, 6.07) is 1.98. The summed E-state index contributed by atoms with van der Waals surface area (Å²) in [5, 5.41) is 8.02. The van der Waals surface area contributed by atoms with Gasteiger partial charge >= 0.3 is 0 Å². The Bertz CT molecular complexity index is 648. The highest BCUT2D eigenvalue weighted by Gasteiger charge is 2.20. The van der Waals surface area contributed by atoms with E-state index in [0.717, 1.165) is 24.2 Å². The van der Waals surface area contributed by atoms with Crippen LogP contribution in [0, 0.1) is 6.92 Å². The minimum Gasteiger partial charge on any atom is -0.296 e. The van der Waals surface area contributed by atoms with E-state index in [0.29, 0.717) is 10.8 Å². The number of carbonyl (C=O) groups excluding carboxylic acids is 1. The number of amides is 1. The highest BCUT2D eigenvalue weighted by molar-refractivity contribution is 7.15. The first kappa shape index (κ1) is 14.3. The summed E-state index contributed by atoms with van der Waals surface area (Å²) in [5.41, 5.74) is 2.61. The predicted octanol–water partition coefficient (Wildman–Crippen LogP) is 3.36. The van der Waals surface area contributed by atoms with Crippen molar-refractivity contribution < 1.29 is 4.79 Å². The summed E-state index contributed by atoms with van der Waals surface area (Å²) in [6.07, 6.45) is 4.54. The predicted molar refractivity (Wildman–Crippen MR) is 84.1 cm³/mol. The Morgan fingerprint density at radius 1 is 1.38 bits per heavy atom. The fourth-order valence-electron chi connectivity index (χ4n) is 2.65. The van der Waals surface area contributed by atoms with Gasteiger partial charge in [0.25, 0.3) is 5.91 Å². The number of fused-ring (bicyclic) bond motifs is 1. The molecule has 0 unspecified atom stereocenters. The number of aryl methyl sites for hydroxylation is 3. The zero-order valence-corrected chi connectivity index (χ0v) is 13.5. The van der Waals surface area contributed by atoms with Crippen molar-refractivity contribution >= 4 is 22.4 Å². The van der Waals surface area contributed by atoms with E-state index in [2.05, 4.69) is 15.4 Å². The van der Waals surface area contributed by atoms with Crippen molar-refractivity contribution in [3.05, 3.63) is 28.0 Å². The lowest BCUT2D eigenvalue weighted by Gasteiger charge is -2.09. The molecule has 21 heavy (non-hydrogen) atoms. The summed E-state index contributed by atoms with van der Waals surface area (Å²) < 4.78 is 1.76. The molecule has 2 aromatic heterocycles. The van der Waals surface area contributed by atoms with Gasteiger partial charge in [-0.2, -0.15) is 5.10 Å². The molecule has 0 saturated carbocycles. The molecule has 2 heterocycles. The summed E-state index contributed by atoms with van der Waals surface area (Å²) in [6.45, 7) is 5.94. The van der Waals surface area contributed by atoms with Gasteiger partial charge in [-0.05, 0) is 52.5 Å². The molecule has 0 atom stereocenters. The smallest absolute Gasteiger partial charge is 0.275 e. The molecule has 0 bridgehead atoms. The third kappa shape index (κ3) is 2.85. The molecule has 0 aromatic carbocycles. The van der Waals surface area contributed by atoms with Crippen molar-refractivity contribution in [2.24, 2.45) is 0 Å². The number of hydrogen-bond acceptors (Lipinski definition) is 4. The molecule has 1 amide bonds. The Balaban J connectivity index is 1.81. The normalized spacial score (nSPS) is 14.3. The maximum Gasteiger partial charge on any atom is 0.275 e. The second kappa shape index (κ2) is 5.60. The van der Waals surface area contributed by atoms with Crippen molar-refractivity contribution in [1.29, 1.82) is 0 Å². The van der Waals surface area contributed by atoms with Gasteiger partial charge in [0.1, 0.15) is 5.69 Å². The van der Waals surface area contributed by atoms with Crippen molar-refractivity contribution in [3.63, 3.8) is 0 Å². The SMILES string of the molecule is Cc1cc(C(=O)Nc2nc3c(s2)CCCC3)n(C(C)C)n1. The van der Waals surface area contributed by atoms with Gasteiger partial charge < -0.3 is 0 Å². The molecule has 3 rings (SSSR count). The first-order valence-corrected chi connectivity index (χ1v) is 8.22. The van der Waals surface area contributed by atoms with E-state index in [1.165, 1.54) is 17.7 Å². The highest BCUT2D eigenvalue weighted by Crippen LogP contribution is 2.29. The number of nitrogens with one attached hydrogen (secondary N) is 1. The van der Waals surface area contributed by atoms with Crippen LogP contribution in [-0.4, -0.2) is 20.7 Å². The number of carbonyl (C=O) groups is 1. The van der Waals surface area contributed by atoms with Crippen LogP contribution in [0.15, 0.2) is 6.07 Å². The average Bonchev–Trinajstić information content (AvgIpc) is 3.01. The number of hydrogen-bond donors (Lipinski definition) is 1. The van der Waals surface area contributed by atoms with Gasteiger partial charge in [-0.3, -0.25) is 14.8 Å². The van der Waals surface area contributed by atoms with Crippen LogP contribution in [-0.2, 0) is 12.8 Å². The number of nitrogens with zero attached hydrogens (tertiary/aromatic N) is 3. The first-order valence-electron chi connectivity index (χ1n) is 7.40. The van der Waals surface area contributed by atoms with Gasteiger partial charge in [-0.1, -0.05) is 0 Å². The summed E-state index contributed by atoms with van der Waals surface area (Å²) in [5.74, 6) is -0.129. The van der Waals surface area contributed by atoms with Crippen LogP contribution in [0.5, 0.6) is 0 Å². The standard InChI is InChI=1S/C15H20N4OS/c1-9(2)19-12(8-10(3)18-19)14(20)17-15-16-11-6-4-5-7-13(11)21-15/h8-9H,4-7H2,1-3H3,(H,16,17,20). The summed E-state index contributed by atoms with van der Waals surface area (Å²) in [7, 11) is 0. The molecule has 0 saturated heterocycles. The quantitative estimate of drug-likeness (QED) is 0.946. The third-order valence-electron chi connectivity index (χ3n) is 3.65. The number of aromatic nitrogens is 3. The fourth-order valence-corrected chi connectivity index (χ4v) is 3.69. The van der Waals surface area contributed by atoms with Crippen LogP contribution in [0.1, 0.15) is 59.5 Å². The molecule has 2 aromatic rings. The van der Waals surface area contributed by atoms with Gasteiger partial charge in [-0.15, -0.1) is 11.3 Å². The average molecular weight is 304 g/mol. The van der Waals surface area contributed by atoms with Gasteiger partial charge in [-0.25, -0.2) is 4.98 Å². The Kier molecular flexibility index (Phi) is 3.80. The molecule has 5 nitrogen and oxygen atoms in total. The fraction of sp³-hybridized carbons (Fsp3) is 0.533. The van der Waals surface area contributed by atoms with Gasteiger partial charge in [0, 0.05) is 10.9 Å². The highest BCUT2D eigenvalue weighted by atomic mass is 32.1. The lowest BCUT2D eigenvalue weighted by atomic mass is 10.0. The van der Waals surface area contributed by atoms with Crippen molar-refractivity contribution in [3.8, 4) is 0 Å². The van der Waals surface area contributed by atoms with Crippen LogP contribution in [0.2, 0.25) is 0 Å². The minimum atomic E-state index is -0.129. The zero-order valence-electron chi connectivity index (χ0n) is 12.6. The van der Waals surface area contributed by atoms with Crippen molar-refractivity contribution in [2.45, 2.75) is 52.5 Å². The molecule has 1 aliphatic rings. The van der Waals surface area contributed by atoms with Gasteiger partial charge in [0.2, 0.25) is 0 Å². The zero-order chi connectivity index (χ0) is 15.0. The van der Waals surface area contributed by atoms with E-state index in [1.54, 1.807) is 16.0 Å². The van der Waals surface area contributed by atoms with Crippen molar-refractivity contribution in [2.75, 3.05) is 5.32 Å². The maximum absolute atomic E-state index is 12.5. The van der Waals surface area contributed by atoms with Crippen LogP contribution in [0.25, 0.3) is 0 Å². The molecule has 6 heteroatoms. The molecule has 112 valence electrons. The van der Waals surface area contributed by atoms with E-state index in [9.17, 15) is 4.79 Å². The Hall–Kier alpha value is -1.69. The second-order valence-corrected chi connectivity index (χ2v) is 6.84. The monoisotopic (exact) mass is 304 g/mol. The second-order valence-electron chi connectivity index (χ2n) is 5.76. The molecular weight excluding hydrogens is 284 g/mol. The van der Waals surface area contributed by atoms with E-state index >= 15 is 0 Å². The number of thiazole rings is 1. The molecule has 0 radical (unpaired) electrons. The maximum atomic E-state index is 12.5. The number of rotatable bonds is 3. The Morgan fingerprint density at radius 2 is 2.14 bits per heavy atom. The summed E-state index contributed by atoms with van der Waals surface area (Å²) >= 11 is 1.61.